The summed E-state index contributed by atoms with van der Waals surface area (Å²) < 4.78 is 0. The average Bonchev–Trinajstić information content (AvgIpc) is 2.53. The van der Waals surface area contributed by atoms with Crippen LogP contribution in [0.3, 0.4) is 0 Å². The van der Waals surface area contributed by atoms with Gasteiger partial charge in [-0.1, -0.05) is 12.1 Å². The Morgan fingerprint density at radius 3 is 2.80 bits per heavy atom. The van der Waals surface area contributed by atoms with Gasteiger partial charge in [0, 0.05) is 24.6 Å². The van der Waals surface area contributed by atoms with E-state index in [1.807, 2.05) is 6.07 Å². The highest BCUT2D eigenvalue weighted by Crippen LogP contribution is 2.26. The van der Waals surface area contributed by atoms with Gasteiger partial charge in [0.1, 0.15) is 5.82 Å². The van der Waals surface area contributed by atoms with Crippen molar-refractivity contribution in [1.82, 2.24) is 9.97 Å². The molecule has 3 rings (SSSR count). The summed E-state index contributed by atoms with van der Waals surface area (Å²) in [5.74, 6) is 0.752. The van der Waals surface area contributed by atoms with Crippen LogP contribution in [-0.2, 0) is 19.3 Å². The summed E-state index contributed by atoms with van der Waals surface area (Å²) in [7, 11) is 0. The molecule has 0 unspecified atom stereocenters. The van der Waals surface area contributed by atoms with E-state index in [2.05, 4.69) is 34.2 Å². The molecule has 0 saturated heterocycles. The second-order valence-corrected chi connectivity index (χ2v) is 5.21. The maximum atomic E-state index is 8.64. The van der Waals surface area contributed by atoms with Crippen molar-refractivity contribution in [2.45, 2.75) is 38.5 Å². The number of rotatable bonds is 3. The second kappa shape index (κ2) is 5.83. The molecule has 0 N–H and O–H groups in total. The fourth-order valence-electron chi connectivity index (χ4n) is 2.74. The van der Waals surface area contributed by atoms with E-state index in [1.54, 1.807) is 6.20 Å². The lowest BCUT2D eigenvalue weighted by Crippen LogP contribution is -2.03. The highest BCUT2D eigenvalue weighted by Gasteiger charge is 2.11. The Bertz CT molecular complexity index is 656. The van der Waals surface area contributed by atoms with E-state index in [9.17, 15) is 0 Å². The second-order valence-electron chi connectivity index (χ2n) is 5.21. The zero-order valence-electron chi connectivity index (χ0n) is 11.5. The summed E-state index contributed by atoms with van der Waals surface area (Å²) in [5, 5.41) is 8.64. The molecular weight excluding hydrogens is 246 g/mol. The number of hydrogen-bond donors (Lipinski definition) is 0. The molecule has 0 saturated carbocycles. The molecule has 3 nitrogen and oxygen atoms in total. The van der Waals surface area contributed by atoms with E-state index in [4.69, 9.17) is 5.26 Å². The SMILES string of the molecule is N#CCCc1nccc(-c2ccc3c(c2)CCCC3)n1. The van der Waals surface area contributed by atoms with Crippen LogP contribution in [0.25, 0.3) is 11.3 Å². The molecule has 0 atom stereocenters. The first-order valence-corrected chi connectivity index (χ1v) is 7.18. The van der Waals surface area contributed by atoms with Gasteiger partial charge in [0.2, 0.25) is 0 Å². The molecular formula is C17H17N3. The van der Waals surface area contributed by atoms with Crippen LogP contribution in [0.5, 0.6) is 0 Å². The minimum Gasteiger partial charge on any atom is -0.241 e. The van der Waals surface area contributed by atoms with E-state index < -0.39 is 0 Å². The molecule has 3 heteroatoms. The minimum atomic E-state index is 0.466. The van der Waals surface area contributed by atoms with Crippen LogP contribution in [0.15, 0.2) is 30.5 Å². The molecule has 0 spiro atoms. The van der Waals surface area contributed by atoms with E-state index in [0.29, 0.717) is 12.8 Å². The van der Waals surface area contributed by atoms with Crippen LogP contribution in [0, 0.1) is 11.3 Å². The molecule has 20 heavy (non-hydrogen) atoms. The summed E-state index contributed by atoms with van der Waals surface area (Å²) in [6.07, 6.45) is 7.84. The van der Waals surface area contributed by atoms with Crippen molar-refractivity contribution in [3.05, 3.63) is 47.4 Å². The first-order valence-electron chi connectivity index (χ1n) is 7.18. The van der Waals surface area contributed by atoms with Crippen molar-refractivity contribution in [1.29, 1.82) is 5.26 Å². The summed E-state index contributed by atoms with van der Waals surface area (Å²) >= 11 is 0. The van der Waals surface area contributed by atoms with Crippen molar-refractivity contribution in [2.24, 2.45) is 0 Å². The Balaban J connectivity index is 1.90. The predicted octanol–water partition coefficient (Wildman–Crippen LogP) is 3.48. The third-order valence-electron chi connectivity index (χ3n) is 3.81. The van der Waals surface area contributed by atoms with Gasteiger partial charge in [-0.15, -0.1) is 0 Å². The van der Waals surface area contributed by atoms with Crippen molar-refractivity contribution >= 4 is 0 Å². The molecule has 0 fully saturated rings. The molecule has 0 bridgehead atoms. The van der Waals surface area contributed by atoms with Gasteiger partial charge in [0.25, 0.3) is 0 Å². The van der Waals surface area contributed by atoms with Crippen LogP contribution in [0.1, 0.15) is 36.2 Å². The highest BCUT2D eigenvalue weighted by atomic mass is 14.9. The number of benzene rings is 1. The van der Waals surface area contributed by atoms with Crippen molar-refractivity contribution in [3.63, 3.8) is 0 Å². The van der Waals surface area contributed by atoms with Gasteiger partial charge in [0.05, 0.1) is 11.8 Å². The van der Waals surface area contributed by atoms with Crippen LogP contribution in [-0.4, -0.2) is 9.97 Å². The van der Waals surface area contributed by atoms with Gasteiger partial charge in [0.15, 0.2) is 0 Å². The van der Waals surface area contributed by atoms with E-state index >= 15 is 0 Å². The number of nitrogens with zero attached hydrogens (tertiary/aromatic N) is 3. The van der Waals surface area contributed by atoms with Crippen LogP contribution in [0.2, 0.25) is 0 Å². The van der Waals surface area contributed by atoms with Gasteiger partial charge in [-0.25, -0.2) is 9.97 Å². The first-order chi connectivity index (χ1) is 9.86. The van der Waals surface area contributed by atoms with E-state index in [0.717, 1.165) is 17.1 Å². The quantitative estimate of drug-likeness (QED) is 0.851. The van der Waals surface area contributed by atoms with E-state index in [-0.39, 0.29) is 0 Å². The molecule has 1 aromatic heterocycles. The number of nitriles is 1. The fraction of sp³-hybridized carbons (Fsp3) is 0.353. The maximum absolute atomic E-state index is 8.64. The van der Waals surface area contributed by atoms with Crippen molar-refractivity contribution in [3.8, 4) is 17.3 Å². The van der Waals surface area contributed by atoms with Crippen LogP contribution in [0.4, 0.5) is 0 Å². The maximum Gasteiger partial charge on any atom is 0.129 e. The molecule has 1 aliphatic carbocycles. The van der Waals surface area contributed by atoms with Crippen molar-refractivity contribution < 1.29 is 0 Å². The lowest BCUT2D eigenvalue weighted by molar-refractivity contribution is 0.686. The lowest BCUT2D eigenvalue weighted by atomic mass is 9.90. The number of aryl methyl sites for hydroxylation is 3. The van der Waals surface area contributed by atoms with Crippen LogP contribution < -0.4 is 0 Å². The van der Waals surface area contributed by atoms with Gasteiger partial charge in [-0.3, -0.25) is 0 Å². The molecule has 1 aliphatic rings. The third kappa shape index (κ3) is 2.70. The molecule has 0 aliphatic heterocycles. The number of hydrogen-bond acceptors (Lipinski definition) is 3. The average molecular weight is 263 g/mol. The first kappa shape index (κ1) is 12.8. The summed E-state index contributed by atoms with van der Waals surface area (Å²) in [4.78, 5) is 8.79. The highest BCUT2D eigenvalue weighted by molar-refractivity contribution is 5.61. The zero-order valence-corrected chi connectivity index (χ0v) is 11.5. The summed E-state index contributed by atoms with van der Waals surface area (Å²) in [6.45, 7) is 0. The zero-order chi connectivity index (χ0) is 13.8. The van der Waals surface area contributed by atoms with Crippen LogP contribution >= 0.6 is 0 Å². The topological polar surface area (TPSA) is 49.6 Å². The Kier molecular flexibility index (Phi) is 3.73. The number of aromatic nitrogens is 2. The fourth-order valence-corrected chi connectivity index (χ4v) is 2.74. The number of fused-ring (bicyclic) bond motifs is 1. The molecule has 2 aromatic rings. The summed E-state index contributed by atoms with van der Waals surface area (Å²) in [6, 6.07) is 10.7. The lowest BCUT2D eigenvalue weighted by Gasteiger charge is -2.16. The van der Waals surface area contributed by atoms with Gasteiger partial charge in [-0.05, 0) is 48.9 Å². The Morgan fingerprint density at radius 1 is 1.10 bits per heavy atom. The molecule has 1 aromatic carbocycles. The molecule has 1 heterocycles. The minimum absolute atomic E-state index is 0.466. The Morgan fingerprint density at radius 2 is 1.95 bits per heavy atom. The smallest absolute Gasteiger partial charge is 0.129 e. The Hall–Kier alpha value is -2.21. The van der Waals surface area contributed by atoms with E-state index in [1.165, 1.54) is 36.8 Å². The molecule has 100 valence electrons. The molecule has 0 amide bonds. The standard InChI is InChI=1S/C17H17N3/c18-10-3-6-17-19-11-9-16(20-17)15-8-7-13-4-1-2-5-14(13)12-15/h7-9,11-12H,1-6H2. The van der Waals surface area contributed by atoms with Crippen molar-refractivity contribution in [2.75, 3.05) is 0 Å². The normalized spacial score (nSPS) is 13.6. The largest absolute Gasteiger partial charge is 0.241 e. The Labute approximate surface area is 119 Å². The summed E-state index contributed by atoms with van der Waals surface area (Å²) in [5.41, 5.74) is 5.07. The monoisotopic (exact) mass is 263 g/mol. The van der Waals surface area contributed by atoms with Gasteiger partial charge in [-0.2, -0.15) is 5.26 Å². The van der Waals surface area contributed by atoms with Gasteiger partial charge >= 0.3 is 0 Å². The molecule has 0 radical (unpaired) electrons. The third-order valence-corrected chi connectivity index (χ3v) is 3.81. The predicted molar refractivity (Wildman–Crippen MR) is 78.0 cm³/mol. The van der Waals surface area contributed by atoms with Gasteiger partial charge < -0.3 is 0 Å².